The first-order chi connectivity index (χ1) is 20.4. The van der Waals surface area contributed by atoms with Crippen LogP contribution in [0.3, 0.4) is 0 Å². The highest BCUT2D eigenvalue weighted by atomic mass is 32.2. The maximum atomic E-state index is 14.6. The first-order valence-corrected chi connectivity index (χ1v) is 15.4. The van der Waals surface area contributed by atoms with Crippen LogP contribution in [0.1, 0.15) is 24.8 Å². The van der Waals surface area contributed by atoms with E-state index in [0.717, 1.165) is 12.0 Å². The summed E-state index contributed by atoms with van der Waals surface area (Å²) in [5.41, 5.74) is 1.69. The van der Waals surface area contributed by atoms with E-state index in [2.05, 4.69) is 13.2 Å². The number of hydrogen-bond acceptors (Lipinski definition) is 6. The molecule has 2 aromatic carbocycles. The van der Waals surface area contributed by atoms with Crippen LogP contribution in [0.25, 0.3) is 0 Å². The lowest BCUT2D eigenvalue weighted by Gasteiger charge is -2.37. The Kier molecular flexibility index (Phi) is 9.08. The number of thioether (sulfide) groups is 1. The number of fused-ring (bicyclic) bond motifs is 1. The van der Waals surface area contributed by atoms with E-state index in [4.69, 9.17) is 4.74 Å². The summed E-state index contributed by atoms with van der Waals surface area (Å²) in [6.45, 7) is 8.97. The van der Waals surface area contributed by atoms with Gasteiger partial charge >= 0.3 is 0 Å². The molecule has 3 aliphatic rings. The standard InChI is InChI=1S/C33H39N3O5S/c1-4-18-34(22-23-10-7-6-8-11-23)30(38)27-26-16-17-33(42-26)28(27)31(39)36(20-9-21-37)29(33)32(40)35(19-5-2)24-12-14-25(41-3)15-13-24/h4-8,10-15,26-29,37H,1-2,9,16-22H2,3H3/t26-,27+,28+,29?,33?/m1/s1. The van der Waals surface area contributed by atoms with Crippen molar-refractivity contribution < 1.29 is 24.2 Å². The number of hydrogen-bond donors (Lipinski definition) is 1. The molecule has 0 aliphatic carbocycles. The molecule has 5 atom stereocenters. The molecule has 2 bridgehead atoms. The highest BCUT2D eigenvalue weighted by Crippen LogP contribution is 2.66. The van der Waals surface area contributed by atoms with Gasteiger partial charge in [0.2, 0.25) is 11.8 Å². The number of aliphatic hydroxyl groups excluding tert-OH is 1. The Morgan fingerprint density at radius 2 is 1.81 bits per heavy atom. The van der Waals surface area contributed by atoms with E-state index in [1.165, 1.54) is 0 Å². The van der Waals surface area contributed by atoms with Gasteiger partial charge in [0.1, 0.15) is 11.8 Å². The Morgan fingerprint density at radius 1 is 1.10 bits per heavy atom. The van der Waals surface area contributed by atoms with E-state index < -0.39 is 22.6 Å². The van der Waals surface area contributed by atoms with E-state index in [1.807, 2.05) is 42.5 Å². The summed E-state index contributed by atoms with van der Waals surface area (Å²) in [5.74, 6) is -0.878. The topological polar surface area (TPSA) is 90.4 Å². The van der Waals surface area contributed by atoms with Gasteiger partial charge in [-0.1, -0.05) is 42.5 Å². The minimum Gasteiger partial charge on any atom is -0.497 e. The number of benzene rings is 2. The molecule has 42 heavy (non-hydrogen) atoms. The predicted octanol–water partition coefficient (Wildman–Crippen LogP) is 3.90. The van der Waals surface area contributed by atoms with Crippen molar-refractivity contribution >= 4 is 35.2 Å². The molecule has 3 aliphatic heterocycles. The zero-order valence-electron chi connectivity index (χ0n) is 24.1. The molecule has 3 saturated heterocycles. The number of rotatable bonds is 13. The van der Waals surface area contributed by atoms with E-state index in [-0.39, 0.29) is 42.7 Å². The first kappa shape index (κ1) is 29.9. The summed E-state index contributed by atoms with van der Waals surface area (Å²) in [7, 11) is 1.59. The van der Waals surface area contributed by atoms with E-state index >= 15 is 0 Å². The van der Waals surface area contributed by atoms with Gasteiger partial charge in [-0.3, -0.25) is 14.4 Å². The number of aliphatic hydroxyl groups is 1. The third-order valence-corrected chi connectivity index (χ3v) is 10.7. The van der Waals surface area contributed by atoms with Gasteiger partial charge in [0.15, 0.2) is 0 Å². The first-order valence-electron chi connectivity index (χ1n) is 14.5. The average molecular weight is 590 g/mol. The van der Waals surface area contributed by atoms with Gasteiger partial charge in [-0.25, -0.2) is 0 Å². The van der Waals surface area contributed by atoms with Crippen molar-refractivity contribution in [3.8, 4) is 5.75 Å². The molecular formula is C33H39N3O5S. The largest absolute Gasteiger partial charge is 0.497 e. The Balaban J connectivity index is 1.50. The zero-order chi connectivity index (χ0) is 29.9. The predicted molar refractivity (Wildman–Crippen MR) is 165 cm³/mol. The minimum atomic E-state index is -0.752. The van der Waals surface area contributed by atoms with Gasteiger partial charge in [-0.15, -0.1) is 24.9 Å². The summed E-state index contributed by atoms with van der Waals surface area (Å²) in [6.07, 6.45) is 5.19. The summed E-state index contributed by atoms with van der Waals surface area (Å²) in [5, 5.41) is 9.63. The fraction of sp³-hybridized carbons (Fsp3) is 0.424. The highest BCUT2D eigenvalue weighted by Gasteiger charge is 2.74. The number of carbonyl (C=O) groups excluding carboxylic acids is 3. The number of carbonyl (C=O) groups is 3. The van der Waals surface area contributed by atoms with Crippen molar-refractivity contribution in [3.63, 3.8) is 0 Å². The molecule has 3 fully saturated rings. The Labute approximate surface area is 252 Å². The van der Waals surface area contributed by atoms with Crippen LogP contribution in [-0.2, 0) is 20.9 Å². The smallest absolute Gasteiger partial charge is 0.251 e. The van der Waals surface area contributed by atoms with Gasteiger partial charge in [0.05, 0.1) is 23.7 Å². The summed E-state index contributed by atoms with van der Waals surface area (Å²) < 4.78 is 4.59. The van der Waals surface area contributed by atoms with Gasteiger partial charge in [-0.05, 0) is 49.1 Å². The summed E-state index contributed by atoms with van der Waals surface area (Å²) in [4.78, 5) is 48.2. The zero-order valence-corrected chi connectivity index (χ0v) is 24.9. The van der Waals surface area contributed by atoms with Crippen LogP contribution in [0.5, 0.6) is 5.75 Å². The molecular weight excluding hydrogens is 550 g/mol. The molecule has 9 heteroatoms. The van der Waals surface area contributed by atoms with Gasteiger partial charge in [-0.2, -0.15) is 0 Å². The molecule has 0 aromatic heterocycles. The monoisotopic (exact) mass is 589 g/mol. The second-order valence-corrected chi connectivity index (χ2v) is 12.7. The number of nitrogens with zero attached hydrogens (tertiary/aromatic N) is 3. The lowest BCUT2D eigenvalue weighted by molar-refractivity contribution is -0.144. The number of amides is 3. The minimum absolute atomic E-state index is 0.0429. The molecule has 1 spiro atoms. The fourth-order valence-corrected chi connectivity index (χ4v) is 9.17. The van der Waals surface area contributed by atoms with Gasteiger partial charge in [0, 0.05) is 43.7 Å². The average Bonchev–Trinajstić information content (AvgIpc) is 3.66. The van der Waals surface area contributed by atoms with Gasteiger partial charge in [0.25, 0.3) is 5.91 Å². The van der Waals surface area contributed by atoms with Crippen LogP contribution in [0.4, 0.5) is 5.69 Å². The quantitative estimate of drug-likeness (QED) is 0.357. The Hall–Kier alpha value is -3.56. The maximum absolute atomic E-state index is 14.6. The lowest BCUT2D eigenvalue weighted by atomic mass is 9.70. The van der Waals surface area contributed by atoms with E-state index in [0.29, 0.717) is 37.4 Å². The molecule has 2 unspecified atom stereocenters. The molecule has 3 heterocycles. The van der Waals surface area contributed by atoms with Gasteiger partial charge < -0.3 is 24.5 Å². The number of ether oxygens (including phenoxy) is 1. The molecule has 0 saturated carbocycles. The van der Waals surface area contributed by atoms with Crippen LogP contribution in [0, 0.1) is 11.8 Å². The normalized spacial score (nSPS) is 25.7. The summed E-state index contributed by atoms with van der Waals surface area (Å²) in [6, 6.07) is 16.3. The number of anilines is 1. The molecule has 0 radical (unpaired) electrons. The maximum Gasteiger partial charge on any atom is 0.251 e. The Bertz CT molecular complexity index is 1320. The van der Waals surface area contributed by atoms with Crippen molar-refractivity contribution in [2.24, 2.45) is 11.8 Å². The third kappa shape index (κ3) is 5.24. The highest BCUT2D eigenvalue weighted by molar-refractivity contribution is 8.02. The van der Waals surface area contributed by atoms with Crippen molar-refractivity contribution in [3.05, 3.63) is 85.5 Å². The van der Waals surface area contributed by atoms with Crippen LogP contribution >= 0.6 is 11.8 Å². The van der Waals surface area contributed by atoms with Crippen molar-refractivity contribution in [1.29, 1.82) is 0 Å². The molecule has 8 nitrogen and oxygen atoms in total. The van der Waals surface area contributed by atoms with Crippen molar-refractivity contribution in [1.82, 2.24) is 9.80 Å². The van der Waals surface area contributed by atoms with Crippen molar-refractivity contribution in [2.75, 3.05) is 38.3 Å². The fourth-order valence-electron chi connectivity index (χ4n) is 6.96. The van der Waals surface area contributed by atoms with E-state index in [1.54, 1.807) is 57.9 Å². The molecule has 222 valence electrons. The number of likely N-dealkylation sites (tertiary alicyclic amines) is 1. The number of methoxy groups -OCH3 is 1. The van der Waals surface area contributed by atoms with Crippen LogP contribution in [0.2, 0.25) is 0 Å². The molecule has 2 aromatic rings. The second-order valence-electron chi connectivity index (χ2n) is 11.1. The van der Waals surface area contributed by atoms with Crippen molar-refractivity contribution in [2.45, 2.75) is 41.8 Å². The second kappa shape index (κ2) is 12.8. The third-order valence-electron chi connectivity index (χ3n) is 8.72. The SMILES string of the molecule is C=CCN(Cc1ccccc1)C(=O)[C@@H]1[C@H]2C(=O)N(CCCO)C(C(=O)N(CC=C)c3ccc(OC)cc3)C23CC[C@H]1S3. The lowest BCUT2D eigenvalue weighted by Crippen LogP contribution is -2.55. The summed E-state index contributed by atoms with van der Waals surface area (Å²) >= 11 is 1.65. The van der Waals surface area contributed by atoms with Crippen LogP contribution in [0.15, 0.2) is 79.9 Å². The van der Waals surface area contributed by atoms with Crippen LogP contribution < -0.4 is 9.64 Å². The molecule has 3 amide bonds. The molecule has 1 N–H and O–H groups in total. The van der Waals surface area contributed by atoms with Crippen LogP contribution in [-0.4, -0.2) is 82.0 Å². The van der Waals surface area contributed by atoms with E-state index in [9.17, 15) is 19.5 Å². The molecule has 5 rings (SSSR count). The Morgan fingerprint density at radius 3 is 2.45 bits per heavy atom.